The van der Waals surface area contributed by atoms with Gasteiger partial charge in [-0.3, -0.25) is 4.98 Å². The van der Waals surface area contributed by atoms with E-state index >= 15 is 0 Å². The number of aryl methyl sites for hydroxylation is 1. The van der Waals surface area contributed by atoms with Crippen molar-refractivity contribution in [3.8, 4) is 0 Å². The fourth-order valence-electron chi connectivity index (χ4n) is 1.76. The molecule has 110 valence electrons. The molecule has 0 saturated carbocycles. The molecule has 0 aliphatic carbocycles. The molecular weight excluding hydrogens is 246 g/mol. The molecule has 0 N–H and O–H groups in total. The number of pyridine rings is 1. The maximum absolute atomic E-state index is 4.22. The smallest absolute Gasteiger partial charge is 0.0945 e. The van der Waals surface area contributed by atoms with E-state index in [2.05, 4.69) is 48.3 Å². The average Bonchev–Trinajstić information content (AvgIpc) is 2.90. The molecule has 0 unspecified atom stereocenters. The van der Waals surface area contributed by atoms with Crippen molar-refractivity contribution >= 4 is 0 Å². The lowest BCUT2D eigenvalue weighted by Crippen LogP contribution is -1.98. The Morgan fingerprint density at radius 2 is 1.85 bits per heavy atom. The predicted octanol–water partition coefficient (Wildman–Crippen LogP) is 4.21. The Hall–Kier alpha value is -1.64. The first kappa shape index (κ1) is 16.4. The molecule has 0 aliphatic heterocycles. The number of imidazole rings is 1. The van der Waals surface area contributed by atoms with E-state index in [0.29, 0.717) is 5.92 Å². The zero-order chi connectivity index (χ0) is 14.8. The van der Waals surface area contributed by atoms with Gasteiger partial charge in [-0.25, -0.2) is 4.98 Å². The van der Waals surface area contributed by atoms with Gasteiger partial charge in [-0.05, 0) is 36.8 Å². The van der Waals surface area contributed by atoms with Gasteiger partial charge in [-0.1, -0.05) is 33.8 Å². The third kappa shape index (κ3) is 7.72. The van der Waals surface area contributed by atoms with E-state index < -0.39 is 0 Å². The predicted molar refractivity (Wildman–Crippen MR) is 84.5 cm³/mol. The molecule has 0 fully saturated rings. The van der Waals surface area contributed by atoms with Gasteiger partial charge in [-0.15, -0.1) is 0 Å². The molecule has 2 aromatic rings. The van der Waals surface area contributed by atoms with Crippen LogP contribution in [0.2, 0.25) is 0 Å². The molecule has 0 radical (unpaired) electrons. The minimum absolute atomic E-state index is 0.704. The first-order chi connectivity index (χ1) is 9.58. The van der Waals surface area contributed by atoms with E-state index in [0.717, 1.165) is 18.9 Å². The van der Waals surface area contributed by atoms with E-state index in [1.165, 1.54) is 12.1 Å². The highest BCUT2D eigenvalue weighted by atomic mass is 15.0. The molecule has 0 aromatic carbocycles. The molecule has 2 rings (SSSR count). The van der Waals surface area contributed by atoms with Gasteiger partial charge in [-0.2, -0.15) is 0 Å². The number of hydrogen-bond acceptors (Lipinski definition) is 2. The summed E-state index contributed by atoms with van der Waals surface area (Å²) in [5.74, 6) is 1.48. The van der Waals surface area contributed by atoms with Crippen molar-refractivity contribution < 1.29 is 0 Å². The summed E-state index contributed by atoms with van der Waals surface area (Å²) < 4.78 is 2.11. The van der Waals surface area contributed by atoms with Gasteiger partial charge in [0.1, 0.15) is 0 Å². The first-order valence-corrected chi connectivity index (χ1v) is 7.43. The Bertz CT molecular complexity index is 433. The summed E-state index contributed by atoms with van der Waals surface area (Å²) in [5.41, 5.74) is 1.19. The zero-order valence-electron chi connectivity index (χ0n) is 13.2. The van der Waals surface area contributed by atoms with Crippen LogP contribution in [0.4, 0.5) is 0 Å². The minimum atomic E-state index is 0.704. The largest absolute Gasteiger partial charge is 0.337 e. The van der Waals surface area contributed by atoms with E-state index in [4.69, 9.17) is 0 Å². The number of nitrogens with zero attached hydrogens (tertiary/aromatic N) is 3. The van der Waals surface area contributed by atoms with Crippen molar-refractivity contribution in [3.05, 3.63) is 48.8 Å². The average molecular weight is 273 g/mol. The maximum Gasteiger partial charge on any atom is 0.0945 e. The second kappa shape index (κ2) is 9.29. The molecule has 3 nitrogen and oxygen atoms in total. The zero-order valence-corrected chi connectivity index (χ0v) is 13.2. The molecule has 0 atom stereocenters. The van der Waals surface area contributed by atoms with Crippen LogP contribution in [0.3, 0.4) is 0 Å². The quantitative estimate of drug-likeness (QED) is 0.817. The Labute approximate surface area is 123 Å². The van der Waals surface area contributed by atoms with Crippen LogP contribution in [-0.4, -0.2) is 14.5 Å². The summed E-state index contributed by atoms with van der Waals surface area (Å²) >= 11 is 0. The van der Waals surface area contributed by atoms with Crippen LogP contribution in [0.15, 0.2) is 43.1 Å². The Kier molecular flexibility index (Phi) is 7.63. The maximum atomic E-state index is 4.22. The van der Waals surface area contributed by atoms with Crippen molar-refractivity contribution in [2.75, 3.05) is 0 Å². The van der Waals surface area contributed by atoms with Crippen molar-refractivity contribution in [1.29, 1.82) is 0 Å². The summed E-state index contributed by atoms with van der Waals surface area (Å²) in [6.45, 7) is 9.97. The van der Waals surface area contributed by atoms with Crippen LogP contribution in [0, 0.1) is 11.8 Å². The fraction of sp³-hybridized carbons (Fsp3) is 0.529. The van der Waals surface area contributed by atoms with E-state index in [-0.39, 0.29) is 0 Å². The number of aromatic nitrogens is 3. The van der Waals surface area contributed by atoms with E-state index in [1.807, 2.05) is 37.1 Å². The van der Waals surface area contributed by atoms with Gasteiger partial charge in [0.2, 0.25) is 0 Å². The second-order valence-corrected chi connectivity index (χ2v) is 5.90. The van der Waals surface area contributed by atoms with E-state index in [1.54, 1.807) is 0 Å². The summed E-state index contributed by atoms with van der Waals surface area (Å²) in [6.07, 6.45) is 9.85. The SMILES string of the molecule is CC(C)CCn1ccnc1.CC(C)Cc1ccccn1. The normalized spacial score (nSPS) is 10.5. The van der Waals surface area contributed by atoms with Crippen LogP contribution in [0.1, 0.15) is 39.8 Å². The van der Waals surface area contributed by atoms with Gasteiger partial charge in [0, 0.05) is 30.8 Å². The molecule has 0 saturated heterocycles. The van der Waals surface area contributed by atoms with Crippen molar-refractivity contribution in [2.24, 2.45) is 11.8 Å². The monoisotopic (exact) mass is 273 g/mol. The van der Waals surface area contributed by atoms with Gasteiger partial charge < -0.3 is 4.57 Å². The van der Waals surface area contributed by atoms with Crippen LogP contribution in [0.5, 0.6) is 0 Å². The highest BCUT2D eigenvalue weighted by molar-refractivity contribution is 5.03. The summed E-state index contributed by atoms with van der Waals surface area (Å²) in [6, 6.07) is 6.05. The number of hydrogen-bond donors (Lipinski definition) is 0. The molecule has 0 aliphatic rings. The van der Waals surface area contributed by atoms with Crippen LogP contribution < -0.4 is 0 Å². The third-order valence-corrected chi connectivity index (χ3v) is 2.87. The summed E-state index contributed by atoms with van der Waals surface area (Å²) in [5, 5.41) is 0. The molecular formula is C17H27N3. The Morgan fingerprint density at radius 1 is 1.05 bits per heavy atom. The molecule has 20 heavy (non-hydrogen) atoms. The second-order valence-electron chi connectivity index (χ2n) is 5.90. The highest BCUT2D eigenvalue weighted by Gasteiger charge is 1.95. The first-order valence-electron chi connectivity index (χ1n) is 7.43. The third-order valence-electron chi connectivity index (χ3n) is 2.87. The van der Waals surface area contributed by atoms with Crippen molar-refractivity contribution in [2.45, 2.75) is 47.1 Å². The molecule has 3 heteroatoms. The fourth-order valence-corrected chi connectivity index (χ4v) is 1.76. The van der Waals surface area contributed by atoms with Gasteiger partial charge in [0.25, 0.3) is 0 Å². The molecule has 0 amide bonds. The molecule has 0 spiro atoms. The van der Waals surface area contributed by atoms with Crippen molar-refractivity contribution in [1.82, 2.24) is 14.5 Å². The summed E-state index contributed by atoms with van der Waals surface area (Å²) in [4.78, 5) is 8.18. The van der Waals surface area contributed by atoms with Crippen LogP contribution >= 0.6 is 0 Å². The van der Waals surface area contributed by atoms with E-state index in [9.17, 15) is 0 Å². The lowest BCUT2D eigenvalue weighted by atomic mass is 10.1. The highest BCUT2D eigenvalue weighted by Crippen LogP contribution is 2.03. The van der Waals surface area contributed by atoms with Crippen molar-refractivity contribution in [3.63, 3.8) is 0 Å². The lowest BCUT2D eigenvalue weighted by Gasteiger charge is -2.03. The lowest BCUT2D eigenvalue weighted by molar-refractivity contribution is 0.516. The van der Waals surface area contributed by atoms with Crippen LogP contribution in [0.25, 0.3) is 0 Å². The minimum Gasteiger partial charge on any atom is -0.337 e. The van der Waals surface area contributed by atoms with Gasteiger partial charge in [0.15, 0.2) is 0 Å². The van der Waals surface area contributed by atoms with Gasteiger partial charge in [0.05, 0.1) is 6.33 Å². The summed E-state index contributed by atoms with van der Waals surface area (Å²) in [7, 11) is 0. The molecule has 0 bridgehead atoms. The van der Waals surface area contributed by atoms with Gasteiger partial charge >= 0.3 is 0 Å². The Morgan fingerprint density at radius 3 is 2.35 bits per heavy atom. The molecule has 2 aromatic heterocycles. The topological polar surface area (TPSA) is 30.7 Å². The number of rotatable bonds is 5. The van der Waals surface area contributed by atoms with Crippen LogP contribution in [-0.2, 0) is 13.0 Å². The Balaban J connectivity index is 0.000000200. The molecule has 2 heterocycles. The standard InChI is InChI=1S/C9H13N.C8H14N2/c1-8(2)7-9-5-3-4-6-10-9;1-8(2)3-5-10-6-4-9-7-10/h3-6,8H,7H2,1-2H3;4,6-8H,3,5H2,1-2H3.